The second-order valence-electron chi connectivity index (χ2n) is 6.29. The molecule has 0 bridgehead atoms. The maximum absolute atomic E-state index is 12.5. The standard InChI is InChI=1S/C10H15N5S.C8H8FN/c1-15(2)5-3-4-12-10-14-8-6-11-7-13-9(8)16-10;9-7-1-2-8-6(5-7)3-4-10-8/h6-7H,3-5H2,1-2H3,(H,12,14);1-2,5,10H,3-4H2. The van der Waals surface area contributed by atoms with Gasteiger partial charge in [0.05, 0.1) is 6.20 Å². The Balaban J connectivity index is 0.000000167. The number of fused-ring (bicyclic) bond motifs is 2. The van der Waals surface area contributed by atoms with Gasteiger partial charge in [0.2, 0.25) is 0 Å². The van der Waals surface area contributed by atoms with E-state index in [9.17, 15) is 4.39 Å². The summed E-state index contributed by atoms with van der Waals surface area (Å²) in [7, 11) is 4.15. The molecule has 0 saturated heterocycles. The molecule has 138 valence electrons. The Bertz CT molecular complexity index is 818. The molecular formula is C18H23FN6S. The first kappa shape index (κ1) is 18.5. The first-order valence-corrected chi connectivity index (χ1v) is 9.41. The predicted octanol–water partition coefficient (Wildman–Crippen LogP) is 3.24. The van der Waals surface area contributed by atoms with E-state index in [0.29, 0.717) is 0 Å². The number of halogens is 1. The fraction of sp³-hybridized carbons (Fsp3) is 0.389. The smallest absolute Gasteiger partial charge is 0.185 e. The van der Waals surface area contributed by atoms with Gasteiger partial charge >= 0.3 is 0 Å². The molecule has 6 nitrogen and oxygen atoms in total. The summed E-state index contributed by atoms with van der Waals surface area (Å²) in [5.74, 6) is -0.137. The minimum absolute atomic E-state index is 0.137. The summed E-state index contributed by atoms with van der Waals surface area (Å²) in [5, 5.41) is 7.39. The van der Waals surface area contributed by atoms with Crippen molar-refractivity contribution in [2.75, 3.05) is 44.4 Å². The van der Waals surface area contributed by atoms with E-state index in [0.717, 1.165) is 59.2 Å². The molecule has 3 heterocycles. The lowest BCUT2D eigenvalue weighted by Gasteiger charge is -2.08. The number of benzene rings is 1. The molecular weight excluding hydrogens is 351 g/mol. The van der Waals surface area contributed by atoms with Crippen molar-refractivity contribution in [1.29, 1.82) is 0 Å². The second-order valence-corrected chi connectivity index (χ2v) is 7.27. The highest BCUT2D eigenvalue weighted by Gasteiger charge is 2.09. The van der Waals surface area contributed by atoms with Gasteiger partial charge in [-0.1, -0.05) is 11.3 Å². The zero-order valence-corrected chi connectivity index (χ0v) is 15.8. The van der Waals surface area contributed by atoms with Crippen LogP contribution in [0.25, 0.3) is 10.3 Å². The van der Waals surface area contributed by atoms with Crippen molar-refractivity contribution in [3.8, 4) is 0 Å². The molecule has 0 atom stereocenters. The monoisotopic (exact) mass is 374 g/mol. The Morgan fingerprint density at radius 1 is 1.35 bits per heavy atom. The van der Waals surface area contributed by atoms with Crippen LogP contribution in [0.4, 0.5) is 15.2 Å². The summed E-state index contributed by atoms with van der Waals surface area (Å²) >= 11 is 1.57. The molecule has 1 aromatic carbocycles. The van der Waals surface area contributed by atoms with Crippen LogP contribution in [0.5, 0.6) is 0 Å². The molecule has 0 unspecified atom stereocenters. The fourth-order valence-corrected chi connectivity index (χ4v) is 3.43. The highest BCUT2D eigenvalue weighted by molar-refractivity contribution is 7.21. The quantitative estimate of drug-likeness (QED) is 0.669. The molecule has 3 aromatic rings. The Hall–Kier alpha value is -2.32. The maximum atomic E-state index is 12.5. The summed E-state index contributed by atoms with van der Waals surface area (Å²) in [4.78, 5) is 15.6. The number of anilines is 2. The predicted molar refractivity (Wildman–Crippen MR) is 105 cm³/mol. The van der Waals surface area contributed by atoms with Crippen LogP contribution in [0.15, 0.2) is 30.7 Å². The minimum Gasteiger partial charge on any atom is -0.384 e. The first-order chi connectivity index (χ1) is 12.6. The third-order valence-electron chi connectivity index (χ3n) is 3.91. The Morgan fingerprint density at radius 2 is 2.23 bits per heavy atom. The summed E-state index contributed by atoms with van der Waals surface area (Å²) in [6.45, 7) is 2.96. The molecule has 0 fully saturated rings. The van der Waals surface area contributed by atoms with Crippen molar-refractivity contribution in [2.45, 2.75) is 12.8 Å². The molecule has 2 N–H and O–H groups in total. The summed E-state index contributed by atoms with van der Waals surface area (Å²) < 4.78 is 12.5. The average molecular weight is 374 g/mol. The van der Waals surface area contributed by atoms with Crippen LogP contribution in [-0.4, -0.2) is 53.6 Å². The molecule has 0 radical (unpaired) electrons. The van der Waals surface area contributed by atoms with E-state index in [4.69, 9.17) is 0 Å². The van der Waals surface area contributed by atoms with Crippen molar-refractivity contribution >= 4 is 32.5 Å². The van der Waals surface area contributed by atoms with E-state index in [-0.39, 0.29) is 5.82 Å². The summed E-state index contributed by atoms with van der Waals surface area (Å²) in [6, 6.07) is 4.87. The van der Waals surface area contributed by atoms with Crippen LogP contribution in [0.1, 0.15) is 12.0 Å². The van der Waals surface area contributed by atoms with E-state index in [1.54, 1.807) is 36.0 Å². The Kier molecular flexibility index (Phi) is 6.30. The van der Waals surface area contributed by atoms with Gasteiger partial charge in [0.25, 0.3) is 0 Å². The van der Waals surface area contributed by atoms with Crippen molar-refractivity contribution in [3.63, 3.8) is 0 Å². The molecule has 0 spiro atoms. The molecule has 8 heteroatoms. The molecule has 26 heavy (non-hydrogen) atoms. The van der Waals surface area contributed by atoms with Crippen molar-refractivity contribution in [3.05, 3.63) is 42.1 Å². The van der Waals surface area contributed by atoms with Gasteiger partial charge in [-0.05, 0) is 57.2 Å². The fourth-order valence-electron chi connectivity index (χ4n) is 2.63. The topological polar surface area (TPSA) is 66.0 Å². The van der Waals surface area contributed by atoms with Gasteiger partial charge in [0.1, 0.15) is 22.5 Å². The number of nitrogens with zero attached hydrogens (tertiary/aromatic N) is 4. The molecule has 4 rings (SSSR count). The van der Waals surface area contributed by atoms with Gasteiger partial charge in [0, 0.05) is 18.8 Å². The van der Waals surface area contributed by atoms with Crippen LogP contribution in [-0.2, 0) is 6.42 Å². The number of hydrogen-bond acceptors (Lipinski definition) is 7. The van der Waals surface area contributed by atoms with Crippen molar-refractivity contribution in [2.24, 2.45) is 0 Å². The van der Waals surface area contributed by atoms with Gasteiger partial charge in [-0.3, -0.25) is 0 Å². The lowest BCUT2D eigenvalue weighted by Crippen LogP contribution is -2.16. The number of rotatable bonds is 5. The van der Waals surface area contributed by atoms with Gasteiger partial charge in [-0.15, -0.1) is 0 Å². The molecule has 0 amide bonds. The molecule has 1 aliphatic heterocycles. The Labute approximate surface area is 156 Å². The zero-order valence-electron chi connectivity index (χ0n) is 15.0. The third kappa shape index (κ3) is 5.09. The normalized spacial score (nSPS) is 12.5. The van der Waals surface area contributed by atoms with Crippen molar-refractivity contribution < 1.29 is 4.39 Å². The van der Waals surface area contributed by atoms with Crippen LogP contribution >= 0.6 is 11.3 Å². The highest BCUT2D eigenvalue weighted by atomic mass is 32.1. The van der Waals surface area contributed by atoms with Crippen molar-refractivity contribution in [1.82, 2.24) is 19.9 Å². The van der Waals surface area contributed by atoms with E-state index >= 15 is 0 Å². The SMILES string of the molecule is CN(C)CCCNc1nc2cncnc2s1.Fc1ccc2c(c1)CCN2. The number of hydrogen-bond donors (Lipinski definition) is 2. The largest absolute Gasteiger partial charge is 0.384 e. The molecule has 0 saturated carbocycles. The maximum Gasteiger partial charge on any atom is 0.185 e. The first-order valence-electron chi connectivity index (χ1n) is 8.59. The third-order valence-corrected chi connectivity index (χ3v) is 4.85. The highest BCUT2D eigenvalue weighted by Crippen LogP contribution is 2.23. The van der Waals surface area contributed by atoms with Gasteiger partial charge in [0.15, 0.2) is 5.13 Å². The van der Waals surface area contributed by atoms with Crippen LogP contribution in [0, 0.1) is 5.82 Å². The van der Waals surface area contributed by atoms with Gasteiger partial charge in [-0.2, -0.15) is 0 Å². The molecule has 2 aromatic heterocycles. The second kappa shape index (κ2) is 8.86. The molecule has 0 aliphatic carbocycles. The van der Waals surface area contributed by atoms with Crippen LogP contribution < -0.4 is 10.6 Å². The van der Waals surface area contributed by atoms with Crippen LogP contribution in [0.2, 0.25) is 0 Å². The number of nitrogens with one attached hydrogen (secondary N) is 2. The summed E-state index contributed by atoms with van der Waals surface area (Å²) in [5.41, 5.74) is 3.05. The van der Waals surface area contributed by atoms with Gasteiger partial charge < -0.3 is 15.5 Å². The lowest BCUT2D eigenvalue weighted by atomic mass is 10.2. The Morgan fingerprint density at radius 3 is 3.04 bits per heavy atom. The summed E-state index contributed by atoms with van der Waals surface area (Å²) in [6.07, 6.45) is 5.35. The number of thiazole rings is 1. The van der Waals surface area contributed by atoms with E-state index in [2.05, 4.69) is 44.6 Å². The zero-order chi connectivity index (χ0) is 18.4. The number of aromatic nitrogens is 3. The minimum atomic E-state index is -0.137. The van der Waals surface area contributed by atoms with E-state index in [1.165, 1.54) is 6.07 Å². The van der Waals surface area contributed by atoms with E-state index < -0.39 is 0 Å². The molecule has 1 aliphatic rings. The average Bonchev–Trinajstić information content (AvgIpc) is 3.24. The van der Waals surface area contributed by atoms with E-state index in [1.807, 2.05) is 0 Å². The lowest BCUT2D eigenvalue weighted by molar-refractivity contribution is 0.405. The van der Waals surface area contributed by atoms with Crippen LogP contribution in [0.3, 0.4) is 0 Å². The van der Waals surface area contributed by atoms with Gasteiger partial charge in [-0.25, -0.2) is 19.3 Å².